The van der Waals surface area contributed by atoms with Crippen molar-refractivity contribution in [2.45, 2.75) is 0 Å². The number of rotatable bonds is 4. The zero-order valence-corrected chi connectivity index (χ0v) is 7.52. The maximum Gasteiger partial charge on any atom is 0.0568 e. The van der Waals surface area contributed by atoms with Gasteiger partial charge in [-0.1, -0.05) is 19.2 Å². The number of nitrogens with zero attached hydrogens (tertiary/aromatic N) is 1. The Hall–Kier alpha value is -1.18. The predicted octanol–water partition coefficient (Wildman–Crippen LogP) is 1.35. The van der Waals surface area contributed by atoms with Crippen molar-refractivity contribution in [2.24, 2.45) is 0 Å². The molecule has 0 fully saturated rings. The summed E-state index contributed by atoms with van der Waals surface area (Å²) in [6.07, 6.45) is 3.63. The van der Waals surface area contributed by atoms with E-state index in [0.29, 0.717) is 0 Å². The van der Waals surface area contributed by atoms with Crippen molar-refractivity contribution in [1.82, 2.24) is 10.2 Å². The van der Waals surface area contributed by atoms with Crippen molar-refractivity contribution in [1.29, 1.82) is 0 Å². The lowest BCUT2D eigenvalue weighted by Crippen LogP contribution is -2.18. The van der Waals surface area contributed by atoms with Gasteiger partial charge >= 0.3 is 0 Å². The third kappa shape index (κ3) is 2.94. The molecular weight excluding hydrogens is 136 g/mol. The van der Waals surface area contributed by atoms with Gasteiger partial charge in [0.05, 0.1) is 11.4 Å². The molecule has 0 unspecified atom stereocenters. The van der Waals surface area contributed by atoms with Gasteiger partial charge in [-0.15, -0.1) is 0 Å². The zero-order chi connectivity index (χ0) is 8.85. The topological polar surface area (TPSA) is 15.3 Å². The van der Waals surface area contributed by atoms with Crippen molar-refractivity contribution in [3.63, 3.8) is 0 Å². The minimum atomic E-state index is 0.951. The maximum absolute atomic E-state index is 3.89. The minimum absolute atomic E-state index is 0.951. The van der Waals surface area contributed by atoms with Crippen LogP contribution in [-0.2, 0) is 0 Å². The van der Waals surface area contributed by atoms with Crippen LogP contribution in [0.15, 0.2) is 36.7 Å². The smallest absolute Gasteiger partial charge is 0.0568 e. The number of hydrogen-bond donors (Lipinski definition) is 1. The first-order chi connectivity index (χ1) is 5.13. The van der Waals surface area contributed by atoms with Crippen LogP contribution in [0, 0.1) is 0 Å². The van der Waals surface area contributed by atoms with Crippen LogP contribution in [0.3, 0.4) is 0 Å². The zero-order valence-electron chi connectivity index (χ0n) is 7.52. The van der Waals surface area contributed by atoms with E-state index in [1.165, 1.54) is 0 Å². The highest BCUT2D eigenvalue weighted by Gasteiger charge is 1.99. The summed E-state index contributed by atoms with van der Waals surface area (Å²) in [7, 11) is 5.78. The highest BCUT2D eigenvalue weighted by atomic mass is 15.1. The fourth-order valence-corrected chi connectivity index (χ4v) is 0.683. The van der Waals surface area contributed by atoms with Gasteiger partial charge in [-0.3, -0.25) is 0 Å². The Bertz CT molecular complexity index is 178. The van der Waals surface area contributed by atoms with E-state index in [1.807, 2.05) is 32.1 Å². The molecule has 0 saturated carbocycles. The molecule has 11 heavy (non-hydrogen) atoms. The molecule has 0 aliphatic rings. The summed E-state index contributed by atoms with van der Waals surface area (Å²) in [6, 6.07) is 0. The van der Waals surface area contributed by atoms with Crippen molar-refractivity contribution >= 4 is 0 Å². The number of hydrogen-bond acceptors (Lipinski definition) is 2. The Morgan fingerprint density at radius 3 is 2.27 bits per heavy atom. The Labute approximate surface area is 68.9 Å². The van der Waals surface area contributed by atoms with Crippen LogP contribution in [0.1, 0.15) is 0 Å². The van der Waals surface area contributed by atoms with Gasteiger partial charge in [0.2, 0.25) is 0 Å². The quantitative estimate of drug-likeness (QED) is 0.612. The standard InChI is InChI=1S/C9H16N2/c1-6-7-9(10-3)8(2)11(4)5/h6-7,10H,1-2H2,3-5H3/b9-7+. The summed E-state index contributed by atoms with van der Waals surface area (Å²) in [6.45, 7) is 7.51. The number of nitrogens with one attached hydrogen (secondary N) is 1. The molecule has 0 rings (SSSR count). The second kappa shape index (κ2) is 4.61. The number of likely N-dealkylation sites (N-methyl/N-ethyl adjacent to an activating group) is 2. The largest absolute Gasteiger partial charge is 0.386 e. The third-order valence-corrected chi connectivity index (χ3v) is 1.40. The van der Waals surface area contributed by atoms with Crippen LogP contribution in [0.4, 0.5) is 0 Å². The van der Waals surface area contributed by atoms with Gasteiger partial charge in [0.1, 0.15) is 0 Å². The Balaban J connectivity index is 4.38. The van der Waals surface area contributed by atoms with Crippen molar-refractivity contribution < 1.29 is 0 Å². The van der Waals surface area contributed by atoms with Gasteiger partial charge in [0.15, 0.2) is 0 Å². The van der Waals surface area contributed by atoms with E-state index in [2.05, 4.69) is 18.5 Å². The highest BCUT2D eigenvalue weighted by Crippen LogP contribution is 2.05. The van der Waals surface area contributed by atoms with Gasteiger partial charge < -0.3 is 10.2 Å². The average Bonchev–Trinajstić information content (AvgIpc) is 1.98. The highest BCUT2D eigenvalue weighted by molar-refractivity contribution is 5.27. The summed E-state index contributed by atoms with van der Waals surface area (Å²) in [5.74, 6) is 0. The van der Waals surface area contributed by atoms with Gasteiger partial charge in [-0.2, -0.15) is 0 Å². The summed E-state index contributed by atoms with van der Waals surface area (Å²) < 4.78 is 0. The normalized spacial score (nSPS) is 10.6. The molecule has 2 heteroatoms. The lowest BCUT2D eigenvalue weighted by atomic mass is 10.3. The van der Waals surface area contributed by atoms with Crippen LogP contribution in [0.5, 0.6) is 0 Å². The fourth-order valence-electron chi connectivity index (χ4n) is 0.683. The summed E-state index contributed by atoms with van der Waals surface area (Å²) in [5.41, 5.74) is 1.94. The van der Waals surface area contributed by atoms with E-state index in [-0.39, 0.29) is 0 Å². The molecule has 62 valence electrons. The molecule has 0 amide bonds. The monoisotopic (exact) mass is 152 g/mol. The Morgan fingerprint density at radius 1 is 1.45 bits per heavy atom. The van der Waals surface area contributed by atoms with Crippen molar-refractivity contribution in [3.8, 4) is 0 Å². The van der Waals surface area contributed by atoms with Gasteiger partial charge in [0.25, 0.3) is 0 Å². The van der Waals surface area contributed by atoms with E-state index >= 15 is 0 Å². The predicted molar refractivity (Wildman–Crippen MR) is 50.2 cm³/mol. The minimum Gasteiger partial charge on any atom is -0.386 e. The second-order valence-electron chi connectivity index (χ2n) is 2.41. The van der Waals surface area contributed by atoms with Crippen LogP contribution >= 0.6 is 0 Å². The first kappa shape index (κ1) is 9.82. The van der Waals surface area contributed by atoms with Crippen LogP contribution in [0.25, 0.3) is 0 Å². The molecule has 1 N–H and O–H groups in total. The van der Waals surface area contributed by atoms with Gasteiger partial charge in [-0.25, -0.2) is 0 Å². The summed E-state index contributed by atoms with van der Waals surface area (Å²) in [4.78, 5) is 1.95. The molecular formula is C9H16N2. The molecule has 0 aromatic heterocycles. The Morgan fingerprint density at radius 2 is 2.00 bits per heavy atom. The maximum atomic E-state index is 3.89. The first-order valence-electron chi connectivity index (χ1n) is 3.50. The third-order valence-electron chi connectivity index (χ3n) is 1.40. The number of allylic oxidation sites excluding steroid dienone is 2. The van der Waals surface area contributed by atoms with Crippen LogP contribution in [0.2, 0.25) is 0 Å². The van der Waals surface area contributed by atoms with Crippen molar-refractivity contribution in [2.75, 3.05) is 21.1 Å². The van der Waals surface area contributed by atoms with Gasteiger partial charge in [0, 0.05) is 21.1 Å². The van der Waals surface area contributed by atoms with Crippen LogP contribution < -0.4 is 5.32 Å². The molecule has 2 nitrogen and oxygen atoms in total. The lowest BCUT2D eigenvalue weighted by Gasteiger charge is -2.17. The van der Waals surface area contributed by atoms with E-state index in [9.17, 15) is 0 Å². The molecule has 0 aromatic rings. The Kier molecular flexibility index (Phi) is 4.11. The first-order valence-corrected chi connectivity index (χ1v) is 3.50. The van der Waals surface area contributed by atoms with Gasteiger partial charge in [-0.05, 0) is 6.08 Å². The molecule has 0 radical (unpaired) electrons. The molecule has 0 spiro atoms. The van der Waals surface area contributed by atoms with E-state index in [1.54, 1.807) is 6.08 Å². The molecule has 0 aliphatic heterocycles. The summed E-state index contributed by atoms with van der Waals surface area (Å²) >= 11 is 0. The van der Waals surface area contributed by atoms with Crippen molar-refractivity contribution in [3.05, 3.63) is 36.7 Å². The SMILES string of the molecule is C=C/C=C(/NC)C(=C)N(C)C. The van der Waals surface area contributed by atoms with E-state index < -0.39 is 0 Å². The van der Waals surface area contributed by atoms with E-state index in [4.69, 9.17) is 0 Å². The molecule has 0 atom stereocenters. The molecule has 0 heterocycles. The molecule has 0 bridgehead atoms. The average molecular weight is 152 g/mol. The lowest BCUT2D eigenvalue weighted by molar-refractivity contribution is 0.516. The molecule has 0 saturated heterocycles. The second-order valence-corrected chi connectivity index (χ2v) is 2.41. The molecule has 0 aliphatic carbocycles. The fraction of sp³-hybridized carbons (Fsp3) is 0.333. The van der Waals surface area contributed by atoms with E-state index in [0.717, 1.165) is 11.4 Å². The summed E-state index contributed by atoms with van der Waals surface area (Å²) in [5, 5.41) is 3.03. The molecule has 0 aromatic carbocycles. The van der Waals surface area contributed by atoms with Crippen LogP contribution in [-0.4, -0.2) is 26.0 Å².